The van der Waals surface area contributed by atoms with E-state index >= 15 is 0 Å². The topological polar surface area (TPSA) is 46.2 Å². The molecule has 108 valence electrons. The molecular formula is C17H16ClNO2. The molecule has 4 heteroatoms. The molecule has 0 aliphatic heterocycles. The normalized spacial score (nSPS) is 10.1. The van der Waals surface area contributed by atoms with Crippen LogP contribution in [0.25, 0.3) is 0 Å². The Morgan fingerprint density at radius 2 is 1.62 bits per heavy atom. The second-order valence-corrected chi connectivity index (χ2v) is 4.96. The highest BCUT2D eigenvalue weighted by Crippen LogP contribution is 2.19. The van der Waals surface area contributed by atoms with Crippen molar-refractivity contribution < 1.29 is 9.59 Å². The monoisotopic (exact) mass is 301 g/mol. The van der Waals surface area contributed by atoms with E-state index in [2.05, 4.69) is 5.32 Å². The quantitative estimate of drug-likeness (QED) is 0.650. The summed E-state index contributed by atoms with van der Waals surface area (Å²) in [5.41, 5.74) is 1.62. The predicted molar refractivity (Wildman–Crippen MR) is 84.9 cm³/mol. The molecule has 0 spiro atoms. The number of alkyl halides is 1. The van der Waals surface area contributed by atoms with Crippen molar-refractivity contribution in [2.45, 2.75) is 12.8 Å². The van der Waals surface area contributed by atoms with Gasteiger partial charge in [-0.3, -0.25) is 9.59 Å². The maximum absolute atomic E-state index is 12.5. The summed E-state index contributed by atoms with van der Waals surface area (Å²) in [4.78, 5) is 24.3. The Morgan fingerprint density at radius 3 is 2.33 bits per heavy atom. The first-order valence-corrected chi connectivity index (χ1v) is 7.30. The third kappa shape index (κ3) is 4.17. The van der Waals surface area contributed by atoms with E-state index in [0.717, 1.165) is 0 Å². The first-order valence-electron chi connectivity index (χ1n) is 6.77. The van der Waals surface area contributed by atoms with Crippen LogP contribution in [0.1, 0.15) is 28.8 Å². The van der Waals surface area contributed by atoms with Crippen molar-refractivity contribution in [2.24, 2.45) is 0 Å². The van der Waals surface area contributed by atoms with Crippen LogP contribution in [0.5, 0.6) is 0 Å². The highest BCUT2D eigenvalue weighted by atomic mass is 35.5. The zero-order valence-electron chi connectivity index (χ0n) is 11.5. The van der Waals surface area contributed by atoms with Crippen LogP contribution in [-0.2, 0) is 4.79 Å². The van der Waals surface area contributed by atoms with Crippen LogP contribution >= 0.6 is 11.6 Å². The molecule has 0 radical (unpaired) electrons. The molecule has 1 amide bonds. The fourth-order valence-electron chi connectivity index (χ4n) is 1.98. The molecule has 1 N–H and O–H groups in total. The van der Waals surface area contributed by atoms with Gasteiger partial charge in [-0.05, 0) is 18.6 Å². The predicted octanol–water partition coefficient (Wildman–Crippen LogP) is 3.88. The fourth-order valence-corrected chi connectivity index (χ4v) is 2.11. The number of anilines is 1. The van der Waals surface area contributed by atoms with E-state index in [-0.39, 0.29) is 11.7 Å². The number of carbonyl (C=O) groups excluding carboxylic acids is 2. The van der Waals surface area contributed by atoms with Crippen molar-refractivity contribution >= 4 is 29.0 Å². The minimum Gasteiger partial charge on any atom is -0.325 e. The molecule has 0 bridgehead atoms. The Balaban J connectivity index is 2.21. The lowest BCUT2D eigenvalue weighted by molar-refractivity contribution is -0.116. The summed E-state index contributed by atoms with van der Waals surface area (Å²) < 4.78 is 0. The standard InChI is InChI=1S/C17H16ClNO2/c18-12-6-11-16(20)19-15-10-5-4-9-14(15)17(21)13-7-2-1-3-8-13/h1-5,7-10H,6,11-12H2,(H,19,20). The SMILES string of the molecule is O=C(CCCCl)Nc1ccccc1C(=O)c1ccccc1. The molecular weight excluding hydrogens is 286 g/mol. The van der Waals surface area contributed by atoms with Crippen LogP contribution in [0.15, 0.2) is 54.6 Å². The van der Waals surface area contributed by atoms with Gasteiger partial charge in [0.25, 0.3) is 0 Å². The van der Waals surface area contributed by atoms with E-state index in [1.54, 1.807) is 36.4 Å². The summed E-state index contributed by atoms with van der Waals surface area (Å²) >= 11 is 5.58. The second kappa shape index (κ2) is 7.60. The molecule has 0 saturated carbocycles. The molecule has 0 atom stereocenters. The summed E-state index contributed by atoms with van der Waals surface area (Å²) in [6, 6.07) is 16.0. The van der Waals surface area contributed by atoms with Gasteiger partial charge in [0, 0.05) is 23.4 Å². The Bertz CT molecular complexity index is 626. The summed E-state index contributed by atoms with van der Waals surface area (Å²) in [7, 11) is 0. The molecule has 0 aliphatic rings. The molecule has 0 saturated heterocycles. The van der Waals surface area contributed by atoms with Crippen molar-refractivity contribution in [3.05, 3.63) is 65.7 Å². The van der Waals surface area contributed by atoms with Crippen molar-refractivity contribution in [3.63, 3.8) is 0 Å². The van der Waals surface area contributed by atoms with E-state index in [0.29, 0.717) is 35.5 Å². The number of amides is 1. The zero-order valence-corrected chi connectivity index (χ0v) is 12.3. The number of para-hydroxylation sites is 1. The molecule has 2 rings (SSSR count). The number of nitrogens with one attached hydrogen (secondary N) is 1. The highest BCUT2D eigenvalue weighted by molar-refractivity contribution is 6.18. The van der Waals surface area contributed by atoms with E-state index < -0.39 is 0 Å². The van der Waals surface area contributed by atoms with E-state index in [1.807, 2.05) is 18.2 Å². The van der Waals surface area contributed by atoms with Crippen LogP contribution in [0.3, 0.4) is 0 Å². The maximum Gasteiger partial charge on any atom is 0.224 e. The molecule has 0 heterocycles. The minimum atomic E-state index is -0.135. The Morgan fingerprint density at radius 1 is 0.952 bits per heavy atom. The Hall–Kier alpha value is -2.13. The number of rotatable bonds is 6. The highest BCUT2D eigenvalue weighted by Gasteiger charge is 2.14. The van der Waals surface area contributed by atoms with Gasteiger partial charge in [-0.2, -0.15) is 0 Å². The van der Waals surface area contributed by atoms with Crippen LogP contribution in [0.4, 0.5) is 5.69 Å². The number of ketones is 1. The average molecular weight is 302 g/mol. The van der Waals surface area contributed by atoms with Gasteiger partial charge in [-0.15, -0.1) is 11.6 Å². The van der Waals surface area contributed by atoms with E-state index in [4.69, 9.17) is 11.6 Å². The average Bonchev–Trinajstić information content (AvgIpc) is 2.53. The van der Waals surface area contributed by atoms with Crippen molar-refractivity contribution in [3.8, 4) is 0 Å². The Kier molecular flexibility index (Phi) is 5.52. The third-order valence-corrected chi connectivity index (χ3v) is 3.29. The second-order valence-electron chi connectivity index (χ2n) is 4.58. The molecule has 0 aliphatic carbocycles. The molecule has 0 aromatic heterocycles. The van der Waals surface area contributed by atoms with Crippen molar-refractivity contribution in [2.75, 3.05) is 11.2 Å². The summed E-state index contributed by atoms with van der Waals surface area (Å²) in [6.07, 6.45) is 0.958. The number of carbonyl (C=O) groups is 2. The minimum absolute atomic E-state index is 0.108. The molecule has 21 heavy (non-hydrogen) atoms. The lowest BCUT2D eigenvalue weighted by Crippen LogP contribution is -2.14. The number of hydrogen-bond donors (Lipinski definition) is 1. The summed E-state index contributed by atoms with van der Waals surface area (Å²) in [5, 5.41) is 2.78. The van der Waals surface area contributed by atoms with E-state index in [9.17, 15) is 9.59 Å². The third-order valence-electron chi connectivity index (χ3n) is 3.02. The van der Waals surface area contributed by atoms with Gasteiger partial charge in [-0.25, -0.2) is 0 Å². The van der Waals surface area contributed by atoms with Gasteiger partial charge in [0.1, 0.15) is 0 Å². The molecule has 2 aromatic rings. The van der Waals surface area contributed by atoms with E-state index in [1.165, 1.54) is 0 Å². The van der Waals surface area contributed by atoms with Crippen LogP contribution in [0, 0.1) is 0 Å². The summed E-state index contributed by atoms with van der Waals surface area (Å²) in [5.74, 6) is 0.200. The largest absolute Gasteiger partial charge is 0.325 e. The van der Waals surface area contributed by atoms with Crippen LogP contribution < -0.4 is 5.32 Å². The molecule has 0 fully saturated rings. The Labute approximate surface area is 128 Å². The number of benzene rings is 2. The van der Waals surface area contributed by atoms with Gasteiger partial charge in [0.2, 0.25) is 5.91 Å². The van der Waals surface area contributed by atoms with Gasteiger partial charge in [0.05, 0.1) is 5.69 Å². The first kappa shape index (κ1) is 15.3. The van der Waals surface area contributed by atoms with Crippen LogP contribution in [0.2, 0.25) is 0 Å². The molecule has 3 nitrogen and oxygen atoms in total. The van der Waals surface area contributed by atoms with Crippen molar-refractivity contribution in [1.82, 2.24) is 0 Å². The maximum atomic E-state index is 12.5. The van der Waals surface area contributed by atoms with Gasteiger partial charge in [0.15, 0.2) is 5.78 Å². The van der Waals surface area contributed by atoms with Crippen LogP contribution in [-0.4, -0.2) is 17.6 Å². The van der Waals surface area contributed by atoms with Gasteiger partial charge >= 0.3 is 0 Å². The summed E-state index contributed by atoms with van der Waals surface area (Å²) in [6.45, 7) is 0. The van der Waals surface area contributed by atoms with Gasteiger partial charge in [-0.1, -0.05) is 42.5 Å². The number of halogens is 1. The lowest BCUT2D eigenvalue weighted by atomic mass is 10.0. The van der Waals surface area contributed by atoms with Gasteiger partial charge < -0.3 is 5.32 Å². The lowest BCUT2D eigenvalue weighted by Gasteiger charge is -2.10. The zero-order chi connectivity index (χ0) is 15.1. The molecule has 2 aromatic carbocycles. The molecule has 0 unspecified atom stereocenters. The smallest absolute Gasteiger partial charge is 0.224 e. The number of hydrogen-bond acceptors (Lipinski definition) is 2. The first-order chi connectivity index (χ1) is 10.2. The van der Waals surface area contributed by atoms with Crippen molar-refractivity contribution in [1.29, 1.82) is 0 Å². The fraction of sp³-hybridized carbons (Fsp3) is 0.176.